The van der Waals surface area contributed by atoms with Crippen LogP contribution in [0, 0.1) is 0 Å². The van der Waals surface area contributed by atoms with E-state index in [2.05, 4.69) is 25.7 Å². The molecule has 3 heterocycles. The summed E-state index contributed by atoms with van der Waals surface area (Å²) in [4.78, 5) is 14.8. The largest absolute Gasteiger partial charge is 0.462 e. The Balaban J connectivity index is 1.29. The first kappa shape index (κ1) is 21.2. The van der Waals surface area contributed by atoms with E-state index in [-0.39, 0.29) is 5.91 Å². The molecule has 1 aliphatic rings. The van der Waals surface area contributed by atoms with E-state index in [0.29, 0.717) is 61.1 Å². The van der Waals surface area contributed by atoms with Gasteiger partial charge in [0.25, 0.3) is 5.91 Å². The Morgan fingerprint density at radius 1 is 1.23 bits per heavy atom. The Morgan fingerprint density at radius 3 is 2.90 bits per heavy atom. The Hall–Kier alpha value is -2.99. The normalized spacial score (nSPS) is 12.6. The highest BCUT2D eigenvalue weighted by Gasteiger charge is 2.20. The molecular weight excluding hydrogens is 420 g/mol. The predicted molar refractivity (Wildman–Crippen MR) is 119 cm³/mol. The summed E-state index contributed by atoms with van der Waals surface area (Å²) in [5.74, 6) is 0.373. The van der Waals surface area contributed by atoms with Gasteiger partial charge in [-0.3, -0.25) is 10.1 Å². The number of benzene rings is 1. The maximum absolute atomic E-state index is 12.6. The Kier molecular flexibility index (Phi) is 7.10. The van der Waals surface area contributed by atoms with Crippen LogP contribution < -0.4 is 21.3 Å². The summed E-state index contributed by atoms with van der Waals surface area (Å²) < 4.78 is 16.2. The van der Waals surface area contributed by atoms with E-state index in [1.807, 2.05) is 12.1 Å². The van der Waals surface area contributed by atoms with Crippen LogP contribution in [0.4, 0.5) is 16.5 Å². The highest BCUT2D eigenvalue weighted by Crippen LogP contribution is 2.32. The number of rotatable bonds is 11. The van der Waals surface area contributed by atoms with Crippen LogP contribution in [0.2, 0.25) is 0 Å². The smallest absolute Gasteiger partial charge is 0.257 e. The third-order valence-corrected chi connectivity index (χ3v) is 5.43. The number of carbonyl (C=O) groups excluding carboxylic acids is 1. The number of nitrogens with one attached hydrogen (secondary N) is 2. The molecule has 31 heavy (non-hydrogen) atoms. The second-order valence-corrected chi connectivity index (χ2v) is 7.66. The lowest BCUT2D eigenvalue weighted by molar-refractivity contribution is 0.0535. The molecule has 0 atom stereocenters. The van der Waals surface area contributed by atoms with E-state index in [1.165, 1.54) is 11.3 Å². The highest BCUT2D eigenvalue weighted by atomic mass is 32.1. The molecule has 3 aromatic rings. The maximum Gasteiger partial charge on any atom is 0.257 e. The van der Waals surface area contributed by atoms with Crippen molar-refractivity contribution in [3.8, 4) is 10.8 Å². The average Bonchev–Trinajstić information content (AvgIpc) is 3.53. The molecule has 1 amide bonds. The zero-order chi connectivity index (χ0) is 21.5. The van der Waals surface area contributed by atoms with Crippen LogP contribution in [0.5, 0.6) is 0 Å². The Bertz CT molecular complexity index is 993. The third-order valence-electron chi connectivity index (χ3n) is 4.58. The molecule has 1 aliphatic heterocycles. The molecule has 0 radical (unpaired) electrons. The molecule has 4 rings (SSSR count). The Labute approximate surface area is 183 Å². The van der Waals surface area contributed by atoms with Gasteiger partial charge in [0.2, 0.25) is 5.13 Å². The molecule has 1 aromatic carbocycles. The molecule has 4 N–H and O–H groups in total. The molecule has 2 aromatic heterocycles. The maximum atomic E-state index is 12.6. The zero-order valence-electron chi connectivity index (χ0n) is 16.9. The molecular formula is C20H24N6O4S. The lowest BCUT2D eigenvalue weighted by Gasteiger charge is -2.18. The number of ether oxygens (including phenoxy) is 2. The molecule has 0 bridgehead atoms. The van der Waals surface area contributed by atoms with Gasteiger partial charge in [-0.1, -0.05) is 11.3 Å². The van der Waals surface area contributed by atoms with Crippen molar-refractivity contribution in [2.45, 2.75) is 0 Å². The van der Waals surface area contributed by atoms with Crippen molar-refractivity contribution in [2.75, 3.05) is 61.7 Å². The van der Waals surface area contributed by atoms with Gasteiger partial charge >= 0.3 is 0 Å². The SMILES string of the molecule is NCCOCCOCCN1CNc2cc(C(=O)Nc3nnc(-c4ccco4)s3)ccc21. The fourth-order valence-corrected chi connectivity index (χ4v) is 3.79. The molecule has 0 saturated heterocycles. The summed E-state index contributed by atoms with van der Waals surface area (Å²) in [7, 11) is 0. The van der Waals surface area contributed by atoms with Crippen LogP contribution in [0.15, 0.2) is 41.0 Å². The minimum Gasteiger partial charge on any atom is -0.462 e. The van der Waals surface area contributed by atoms with Crippen molar-refractivity contribution in [3.63, 3.8) is 0 Å². The van der Waals surface area contributed by atoms with Crippen LogP contribution >= 0.6 is 11.3 Å². The summed E-state index contributed by atoms with van der Waals surface area (Å²) in [5, 5.41) is 15.2. The van der Waals surface area contributed by atoms with Crippen molar-refractivity contribution >= 4 is 33.8 Å². The number of amides is 1. The van der Waals surface area contributed by atoms with Crippen molar-refractivity contribution in [1.29, 1.82) is 0 Å². The van der Waals surface area contributed by atoms with Crippen LogP contribution in [0.1, 0.15) is 10.4 Å². The standard InChI is InChI=1S/C20H24N6O4S/c21-5-8-28-10-11-29-9-6-26-13-22-15-12-14(3-4-16(15)26)18(27)23-20-25-24-19(31-20)17-2-1-7-30-17/h1-4,7,12,22H,5-6,8-11,13,21H2,(H,23,25,27). The van der Waals surface area contributed by atoms with Crippen molar-refractivity contribution < 1.29 is 18.7 Å². The number of carbonyl (C=O) groups is 1. The van der Waals surface area contributed by atoms with Crippen LogP contribution in [-0.2, 0) is 9.47 Å². The fraction of sp³-hybridized carbons (Fsp3) is 0.350. The van der Waals surface area contributed by atoms with Crippen LogP contribution in [-0.4, -0.2) is 62.3 Å². The van der Waals surface area contributed by atoms with E-state index in [0.717, 1.165) is 17.9 Å². The van der Waals surface area contributed by atoms with E-state index in [9.17, 15) is 4.79 Å². The molecule has 10 nitrogen and oxygen atoms in total. The number of nitrogens with two attached hydrogens (primary N) is 1. The second-order valence-electron chi connectivity index (χ2n) is 6.69. The first-order chi connectivity index (χ1) is 15.2. The van der Waals surface area contributed by atoms with Gasteiger partial charge in [-0.15, -0.1) is 10.2 Å². The minimum absolute atomic E-state index is 0.244. The lowest BCUT2D eigenvalue weighted by Crippen LogP contribution is -2.27. The van der Waals surface area contributed by atoms with E-state index in [4.69, 9.17) is 19.6 Å². The van der Waals surface area contributed by atoms with Gasteiger partial charge in [0.05, 0.1) is 50.7 Å². The molecule has 0 spiro atoms. The molecule has 0 saturated carbocycles. The molecule has 164 valence electrons. The van der Waals surface area contributed by atoms with Crippen LogP contribution in [0.25, 0.3) is 10.8 Å². The number of aromatic nitrogens is 2. The number of hydrogen-bond donors (Lipinski definition) is 3. The minimum atomic E-state index is -0.244. The first-order valence-electron chi connectivity index (χ1n) is 9.92. The summed E-state index contributed by atoms with van der Waals surface area (Å²) >= 11 is 1.26. The quantitative estimate of drug-likeness (QED) is 0.381. The van der Waals surface area contributed by atoms with E-state index < -0.39 is 0 Å². The van der Waals surface area contributed by atoms with Gasteiger partial charge in [-0.25, -0.2) is 0 Å². The molecule has 0 fully saturated rings. The molecule has 0 unspecified atom stereocenters. The summed E-state index contributed by atoms with van der Waals surface area (Å²) in [6, 6.07) is 9.14. The number of furan rings is 1. The monoisotopic (exact) mass is 444 g/mol. The third kappa shape index (κ3) is 5.39. The van der Waals surface area contributed by atoms with Gasteiger partial charge in [-0.2, -0.15) is 0 Å². The van der Waals surface area contributed by atoms with E-state index >= 15 is 0 Å². The van der Waals surface area contributed by atoms with Gasteiger partial charge in [-0.05, 0) is 30.3 Å². The first-order valence-corrected chi connectivity index (χ1v) is 10.7. The summed E-state index contributed by atoms with van der Waals surface area (Å²) in [5.41, 5.74) is 7.86. The topological polar surface area (TPSA) is 128 Å². The fourth-order valence-electron chi connectivity index (χ4n) is 3.08. The van der Waals surface area contributed by atoms with Crippen LogP contribution in [0.3, 0.4) is 0 Å². The number of fused-ring (bicyclic) bond motifs is 1. The molecule has 0 aliphatic carbocycles. The van der Waals surface area contributed by atoms with Gasteiger partial charge < -0.3 is 29.8 Å². The number of hydrogen-bond acceptors (Lipinski definition) is 10. The van der Waals surface area contributed by atoms with Gasteiger partial charge in [0, 0.05) is 18.7 Å². The summed E-state index contributed by atoms with van der Waals surface area (Å²) in [6.45, 7) is 4.14. The van der Waals surface area contributed by atoms with Gasteiger partial charge in [0.15, 0.2) is 10.8 Å². The lowest BCUT2D eigenvalue weighted by atomic mass is 10.1. The molecule has 11 heteroatoms. The zero-order valence-corrected chi connectivity index (χ0v) is 17.7. The van der Waals surface area contributed by atoms with Crippen molar-refractivity contribution in [1.82, 2.24) is 10.2 Å². The van der Waals surface area contributed by atoms with E-state index in [1.54, 1.807) is 24.5 Å². The van der Waals surface area contributed by atoms with Crippen molar-refractivity contribution in [2.24, 2.45) is 5.73 Å². The predicted octanol–water partition coefficient (Wildman–Crippen LogP) is 2.23. The number of anilines is 3. The number of nitrogens with zero attached hydrogens (tertiary/aromatic N) is 3. The highest BCUT2D eigenvalue weighted by molar-refractivity contribution is 7.18. The average molecular weight is 445 g/mol. The Morgan fingerprint density at radius 2 is 2.10 bits per heavy atom. The second kappa shape index (κ2) is 10.4. The summed E-state index contributed by atoms with van der Waals surface area (Å²) in [6.07, 6.45) is 1.57. The van der Waals surface area contributed by atoms with Gasteiger partial charge in [0.1, 0.15) is 0 Å². The van der Waals surface area contributed by atoms with Crippen molar-refractivity contribution in [3.05, 3.63) is 42.2 Å².